The molecule has 18 heavy (non-hydrogen) atoms. The Bertz CT molecular complexity index is 337. The molecule has 2 rings (SSSR count). The number of carboxylic acids is 1. The molecular weight excluding hydrogens is 232 g/mol. The summed E-state index contributed by atoms with van der Waals surface area (Å²) in [6, 6.07) is 0. The van der Waals surface area contributed by atoms with Crippen molar-refractivity contribution < 1.29 is 14.7 Å². The van der Waals surface area contributed by atoms with E-state index in [0.717, 1.165) is 32.4 Å². The van der Waals surface area contributed by atoms with Crippen LogP contribution in [0.3, 0.4) is 0 Å². The lowest BCUT2D eigenvalue weighted by Crippen LogP contribution is -2.51. The van der Waals surface area contributed by atoms with Crippen LogP contribution >= 0.6 is 0 Å². The molecule has 2 aliphatic rings. The van der Waals surface area contributed by atoms with Gasteiger partial charge in [0.2, 0.25) is 5.91 Å². The lowest BCUT2D eigenvalue weighted by molar-refractivity contribution is -0.144. The van der Waals surface area contributed by atoms with Gasteiger partial charge in [0.05, 0.1) is 11.3 Å². The molecule has 0 aliphatic carbocycles. The minimum atomic E-state index is -0.780. The molecule has 2 saturated heterocycles. The fourth-order valence-corrected chi connectivity index (χ4v) is 3.09. The highest BCUT2D eigenvalue weighted by atomic mass is 16.4. The highest BCUT2D eigenvalue weighted by Crippen LogP contribution is 2.34. The van der Waals surface area contributed by atoms with Gasteiger partial charge in [0.1, 0.15) is 0 Å². The molecule has 2 heterocycles. The first-order chi connectivity index (χ1) is 8.59. The summed E-state index contributed by atoms with van der Waals surface area (Å²) in [5.74, 6) is -1.00. The van der Waals surface area contributed by atoms with Gasteiger partial charge in [-0.3, -0.25) is 9.59 Å². The van der Waals surface area contributed by atoms with E-state index in [9.17, 15) is 9.59 Å². The van der Waals surface area contributed by atoms with Gasteiger partial charge in [-0.15, -0.1) is 0 Å². The van der Waals surface area contributed by atoms with Gasteiger partial charge < -0.3 is 15.3 Å². The van der Waals surface area contributed by atoms with Gasteiger partial charge in [-0.1, -0.05) is 6.92 Å². The lowest BCUT2D eigenvalue weighted by atomic mass is 9.77. The normalized spacial score (nSPS) is 32.5. The Balaban J connectivity index is 2.04. The van der Waals surface area contributed by atoms with Crippen molar-refractivity contribution in [3.63, 3.8) is 0 Å². The molecular formula is C13H22N2O3. The molecule has 0 bridgehead atoms. The quantitative estimate of drug-likeness (QED) is 0.778. The number of hydrogen-bond acceptors (Lipinski definition) is 3. The molecule has 2 fully saturated rings. The number of carboxylic acid groups (broad SMARTS) is 1. The summed E-state index contributed by atoms with van der Waals surface area (Å²) in [6.07, 6.45) is 3.36. The number of aliphatic carboxylic acids is 1. The summed E-state index contributed by atoms with van der Waals surface area (Å²) in [7, 11) is 0. The van der Waals surface area contributed by atoms with Crippen LogP contribution in [-0.2, 0) is 9.59 Å². The van der Waals surface area contributed by atoms with E-state index < -0.39 is 5.97 Å². The van der Waals surface area contributed by atoms with Crippen LogP contribution in [0.15, 0.2) is 0 Å². The van der Waals surface area contributed by atoms with Crippen LogP contribution in [-0.4, -0.2) is 48.1 Å². The zero-order valence-corrected chi connectivity index (χ0v) is 10.9. The van der Waals surface area contributed by atoms with Crippen molar-refractivity contribution in [3.8, 4) is 0 Å². The summed E-state index contributed by atoms with van der Waals surface area (Å²) in [4.78, 5) is 25.3. The first-order valence-corrected chi connectivity index (χ1v) is 6.82. The fraction of sp³-hybridized carbons (Fsp3) is 0.846. The van der Waals surface area contributed by atoms with E-state index in [-0.39, 0.29) is 17.2 Å². The summed E-state index contributed by atoms with van der Waals surface area (Å²) in [5, 5.41) is 12.3. The Morgan fingerprint density at radius 2 is 2.28 bits per heavy atom. The van der Waals surface area contributed by atoms with E-state index in [0.29, 0.717) is 19.5 Å². The number of amides is 1. The molecule has 1 amide bonds. The Labute approximate surface area is 108 Å². The molecule has 0 aromatic carbocycles. The van der Waals surface area contributed by atoms with Crippen LogP contribution in [0, 0.1) is 11.3 Å². The zero-order chi connectivity index (χ0) is 13.2. The molecule has 2 atom stereocenters. The highest BCUT2D eigenvalue weighted by Gasteiger charge is 2.43. The van der Waals surface area contributed by atoms with Crippen molar-refractivity contribution in [2.24, 2.45) is 11.3 Å². The molecule has 102 valence electrons. The third-order valence-corrected chi connectivity index (χ3v) is 4.43. The van der Waals surface area contributed by atoms with Gasteiger partial charge in [0, 0.05) is 19.6 Å². The molecule has 2 aliphatic heterocycles. The number of rotatable bonds is 3. The first kappa shape index (κ1) is 13.3. The van der Waals surface area contributed by atoms with Crippen LogP contribution < -0.4 is 5.32 Å². The lowest BCUT2D eigenvalue weighted by Gasteiger charge is -2.38. The molecule has 5 nitrogen and oxygen atoms in total. The Hall–Kier alpha value is -1.10. The van der Waals surface area contributed by atoms with Gasteiger partial charge in [-0.25, -0.2) is 0 Å². The third kappa shape index (κ3) is 2.36. The number of carbonyl (C=O) groups excluding carboxylic acids is 1. The Morgan fingerprint density at radius 1 is 1.50 bits per heavy atom. The van der Waals surface area contributed by atoms with Crippen molar-refractivity contribution in [2.45, 2.75) is 32.6 Å². The summed E-state index contributed by atoms with van der Waals surface area (Å²) in [6.45, 7) is 4.74. The predicted molar refractivity (Wildman–Crippen MR) is 67.2 cm³/mol. The standard InChI is InChI=1S/C13H22N2O3/c1-2-13(5-3-6-14-9-13)12(18)15-7-4-10(8-15)11(16)17/h10,14H,2-9H2,1H3,(H,16,17). The molecule has 5 heteroatoms. The average molecular weight is 254 g/mol. The average Bonchev–Trinajstić information content (AvgIpc) is 2.88. The molecule has 0 radical (unpaired) electrons. The maximum absolute atomic E-state index is 12.6. The number of hydrogen-bond donors (Lipinski definition) is 2. The second kappa shape index (κ2) is 5.26. The van der Waals surface area contributed by atoms with Crippen molar-refractivity contribution in [3.05, 3.63) is 0 Å². The number of piperidine rings is 1. The largest absolute Gasteiger partial charge is 0.481 e. The minimum absolute atomic E-state index is 0.154. The van der Waals surface area contributed by atoms with Crippen LogP contribution in [0.5, 0.6) is 0 Å². The Morgan fingerprint density at radius 3 is 2.78 bits per heavy atom. The summed E-state index contributed by atoms with van der Waals surface area (Å²) >= 11 is 0. The van der Waals surface area contributed by atoms with E-state index in [2.05, 4.69) is 12.2 Å². The number of nitrogens with one attached hydrogen (secondary N) is 1. The van der Waals surface area contributed by atoms with Crippen LogP contribution in [0.2, 0.25) is 0 Å². The van der Waals surface area contributed by atoms with Crippen LogP contribution in [0.4, 0.5) is 0 Å². The predicted octanol–water partition coefficient (Wildman–Crippen LogP) is 0.699. The maximum Gasteiger partial charge on any atom is 0.308 e. The SMILES string of the molecule is CCC1(C(=O)N2CCC(C(=O)O)C2)CCCNC1. The van der Waals surface area contributed by atoms with Gasteiger partial charge in [0.25, 0.3) is 0 Å². The second-order valence-corrected chi connectivity index (χ2v) is 5.49. The molecule has 2 N–H and O–H groups in total. The molecule has 0 spiro atoms. The van der Waals surface area contributed by atoms with Crippen molar-refractivity contribution >= 4 is 11.9 Å². The van der Waals surface area contributed by atoms with Crippen molar-refractivity contribution in [1.82, 2.24) is 10.2 Å². The zero-order valence-electron chi connectivity index (χ0n) is 10.9. The van der Waals surface area contributed by atoms with Crippen molar-refractivity contribution in [1.29, 1.82) is 0 Å². The van der Waals surface area contributed by atoms with Crippen LogP contribution in [0.25, 0.3) is 0 Å². The van der Waals surface area contributed by atoms with Gasteiger partial charge >= 0.3 is 5.97 Å². The summed E-state index contributed by atoms with van der Waals surface area (Å²) < 4.78 is 0. The van der Waals surface area contributed by atoms with Gasteiger partial charge in [-0.2, -0.15) is 0 Å². The third-order valence-electron chi connectivity index (χ3n) is 4.43. The summed E-state index contributed by atoms with van der Waals surface area (Å²) in [5.41, 5.74) is -0.300. The molecule has 0 aromatic rings. The van der Waals surface area contributed by atoms with Gasteiger partial charge in [-0.05, 0) is 32.2 Å². The monoisotopic (exact) mass is 254 g/mol. The topological polar surface area (TPSA) is 69.6 Å². The molecule has 0 saturated carbocycles. The smallest absolute Gasteiger partial charge is 0.308 e. The van der Waals surface area contributed by atoms with E-state index in [1.807, 2.05) is 0 Å². The van der Waals surface area contributed by atoms with E-state index in [1.165, 1.54) is 0 Å². The fourth-order valence-electron chi connectivity index (χ4n) is 3.09. The van der Waals surface area contributed by atoms with E-state index in [4.69, 9.17) is 5.11 Å². The van der Waals surface area contributed by atoms with Crippen LogP contribution in [0.1, 0.15) is 32.6 Å². The number of carbonyl (C=O) groups is 2. The van der Waals surface area contributed by atoms with E-state index >= 15 is 0 Å². The molecule has 2 unspecified atom stereocenters. The first-order valence-electron chi connectivity index (χ1n) is 6.82. The second-order valence-electron chi connectivity index (χ2n) is 5.49. The van der Waals surface area contributed by atoms with E-state index in [1.54, 1.807) is 4.90 Å². The van der Waals surface area contributed by atoms with Crippen molar-refractivity contribution in [2.75, 3.05) is 26.2 Å². The Kier molecular flexibility index (Phi) is 3.90. The van der Waals surface area contributed by atoms with Gasteiger partial charge in [0.15, 0.2) is 0 Å². The maximum atomic E-state index is 12.6. The minimum Gasteiger partial charge on any atom is -0.481 e. The number of likely N-dealkylation sites (tertiary alicyclic amines) is 1. The highest BCUT2D eigenvalue weighted by molar-refractivity contribution is 5.84. The number of nitrogens with zero attached hydrogens (tertiary/aromatic N) is 1. The molecule has 0 aromatic heterocycles.